The highest BCUT2D eigenvalue weighted by Crippen LogP contribution is 2.37. The molecule has 2 fully saturated rings. The molecule has 9 heteroatoms. The monoisotopic (exact) mass is 475 g/mol. The minimum absolute atomic E-state index is 0.0395. The van der Waals surface area contributed by atoms with Crippen LogP contribution in [0.5, 0.6) is 0 Å². The number of aryl methyl sites for hydroxylation is 1. The van der Waals surface area contributed by atoms with Gasteiger partial charge in [-0.15, -0.1) is 0 Å². The van der Waals surface area contributed by atoms with Gasteiger partial charge in [-0.1, -0.05) is 20.3 Å². The lowest BCUT2D eigenvalue weighted by Crippen LogP contribution is -2.54. The molecule has 3 amide bonds. The summed E-state index contributed by atoms with van der Waals surface area (Å²) >= 11 is 0. The van der Waals surface area contributed by atoms with Gasteiger partial charge in [-0.3, -0.25) is 19.1 Å². The molecule has 2 aliphatic rings. The van der Waals surface area contributed by atoms with Crippen molar-refractivity contribution in [3.8, 4) is 0 Å². The van der Waals surface area contributed by atoms with Crippen LogP contribution in [0.25, 0.3) is 0 Å². The third kappa shape index (κ3) is 6.58. The Morgan fingerprint density at radius 2 is 1.88 bits per heavy atom. The fraction of sp³-hybridized carbons (Fsp3) is 0.760. The Hall–Kier alpha value is -2.42. The number of piperidine rings is 1. The summed E-state index contributed by atoms with van der Waals surface area (Å²) < 4.78 is 7.33. The lowest BCUT2D eigenvalue weighted by atomic mass is 9.73. The molecule has 2 aliphatic heterocycles. The molecule has 0 aromatic carbocycles. The number of hydrogen-bond donors (Lipinski definition) is 2. The van der Waals surface area contributed by atoms with Crippen molar-refractivity contribution in [2.45, 2.75) is 71.8 Å². The third-order valence-corrected chi connectivity index (χ3v) is 6.96. The normalized spacial score (nSPS) is 22.9. The number of nitrogens with zero attached hydrogens (tertiary/aromatic N) is 3. The fourth-order valence-electron chi connectivity index (χ4n) is 4.86. The number of rotatable bonds is 3. The van der Waals surface area contributed by atoms with Gasteiger partial charge in [-0.2, -0.15) is 5.10 Å². The smallest absolute Gasteiger partial charge is 0.272 e. The van der Waals surface area contributed by atoms with Crippen molar-refractivity contribution in [1.29, 1.82) is 0 Å². The summed E-state index contributed by atoms with van der Waals surface area (Å²) in [4.78, 5) is 40.8. The van der Waals surface area contributed by atoms with Crippen LogP contribution in [-0.2, 0) is 27.8 Å². The van der Waals surface area contributed by atoms with Crippen LogP contribution >= 0.6 is 0 Å². The first kappa shape index (κ1) is 26.2. The molecule has 1 spiro atoms. The molecule has 1 aromatic heterocycles. The van der Waals surface area contributed by atoms with Crippen LogP contribution in [0, 0.1) is 11.3 Å². The van der Waals surface area contributed by atoms with Gasteiger partial charge in [0.2, 0.25) is 11.8 Å². The second-order valence-corrected chi connectivity index (χ2v) is 10.2. The molecule has 1 aromatic rings. The van der Waals surface area contributed by atoms with Gasteiger partial charge in [0.05, 0.1) is 11.1 Å². The number of hydrogen-bond acceptors (Lipinski definition) is 5. The number of amides is 3. The Morgan fingerprint density at radius 1 is 1.18 bits per heavy atom. The molecule has 2 N–H and O–H groups in total. The van der Waals surface area contributed by atoms with Gasteiger partial charge in [-0.05, 0) is 57.4 Å². The molecule has 0 bridgehead atoms. The van der Waals surface area contributed by atoms with E-state index >= 15 is 0 Å². The standard InChI is InChI=1S/C25H41N5O4/c1-18(2)16-20-17-21(29(4)28-20)23(32)30-12-9-25(10-13-30)8-5-6-14-34-15-7-11-26-22(31)19(3)27-24(25)33/h17-19H,5-16H2,1-4H3,(H,26,31)(H,27,33)/t19-/m0/s1. The molecule has 0 unspecified atom stereocenters. The Kier molecular flexibility index (Phi) is 9.10. The van der Waals surface area contributed by atoms with Crippen molar-refractivity contribution in [3.05, 3.63) is 17.5 Å². The summed E-state index contributed by atoms with van der Waals surface area (Å²) in [6.07, 6.45) is 5.25. The summed E-state index contributed by atoms with van der Waals surface area (Å²) in [7, 11) is 1.81. The topological polar surface area (TPSA) is 106 Å². The summed E-state index contributed by atoms with van der Waals surface area (Å²) in [5, 5.41) is 10.3. The van der Waals surface area contributed by atoms with Crippen molar-refractivity contribution in [3.63, 3.8) is 0 Å². The minimum Gasteiger partial charge on any atom is -0.381 e. The highest BCUT2D eigenvalue weighted by Gasteiger charge is 2.43. The molecule has 0 radical (unpaired) electrons. The van der Waals surface area contributed by atoms with Crippen LogP contribution in [0.1, 0.15) is 75.5 Å². The average Bonchev–Trinajstić information content (AvgIpc) is 3.16. The average molecular weight is 476 g/mol. The van der Waals surface area contributed by atoms with Gasteiger partial charge < -0.3 is 20.3 Å². The predicted molar refractivity (Wildman–Crippen MR) is 129 cm³/mol. The fourth-order valence-corrected chi connectivity index (χ4v) is 4.86. The number of aromatic nitrogens is 2. The third-order valence-electron chi connectivity index (χ3n) is 6.96. The first-order valence-electron chi connectivity index (χ1n) is 12.7. The van der Waals surface area contributed by atoms with Gasteiger partial charge in [-0.25, -0.2) is 0 Å². The molecule has 3 rings (SSSR count). The SMILES string of the molecule is CC(C)Cc1cc(C(=O)N2CCC3(CCCCOCCCNC(=O)[C@H](C)NC3=O)CC2)n(C)n1. The second kappa shape index (κ2) is 11.8. The summed E-state index contributed by atoms with van der Waals surface area (Å²) in [6.45, 7) is 8.82. The van der Waals surface area contributed by atoms with Crippen molar-refractivity contribution in [2.24, 2.45) is 18.4 Å². The van der Waals surface area contributed by atoms with E-state index in [0.29, 0.717) is 57.3 Å². The highest BCUT2D eigenvalue weighted by atomic mass is 16.5. The van der Waals surface area contributed by atoms with Gasteiger partial charge in [0.15, 0.2) is 0 Å². The van der Waals surface area contributed by atoms with Crippen molar-refractivity contribution >= 4 is 17.7 Å². The largest absolute Gasteiger partial charge is 0.381 e. The molecule has 0 aliphatic carbocycles. The van der Waals surface area contributed by atoms with Crippen LogP contribution in [0.2, 0.25) is 0 Å². The van der Waals surface area contributed by atoms with Crippen LogP contribution in [0.4, 0.5) is 0 Å². The van der Waals surface area contributed by atoms with Gasteiger partial charge >= 0.3 is 0 Å². The molecule has 2 saturated heterocycles. The molecule has 9 nitrogen and oxygen atoms in total. The molecular weight excluding hydrogens is 434 g/mol. The summed E-state index contributed by atoms with van der Waals surface area (Å²) in [5.74, 6) is 0.166. The van der Waals surface area contributed by atoms with E-state index in [-0.39, 0.29) is 17.7 Å². The van der Waals surface area contributed by atoms with Crippen molar-refractivity contribution < 1.29 is 19.1 Å². The van der Waals surface area contributed by atoms with E-state index in [0.717, 1.165) is 37.8 Å². The maximum Gasteiger partial charge on any atom is 0.272 e. The maximum absolute atomic E-state index is 13.4. The van der Waals surface area contributed by atoms with E-state index in [9.17, 15) is 14.4 Å². The first-order valence-corrected chi connectivity index (χ1v) is 12.7. The molecular formula is C25H41N5O4. The Labute approximate surface area is 203 Å². The molecule has 1 atom stereocenters. The van der Waals surface area contributed by atoms with Crippen molar-refractivity contribution in [1.82, 2.24) is 25.3 Å². The van der Waals surface area contributed by atoms with Gasteiger partial charge in [0.1, 0.15) is 11.7 Å². The van der Waals surface area contributed by atoms with E-state index < -0.39 is 11.5 Å². The lowest BCUT2D eigenvalue weighted by molar-refractivity contribution is -0.137. The van der Waals surface area contributed by atoms with E-state index in [2.05, 4.69) is 29.6 Å². The maximum atomic E-state index is 13.4. The Morgan fingerprint density at radius 3 is 2.59 bits per heavy atom. The Bertz CT molecular complexity index is 857. The van der Waals surface area contributed by atoms with E-state index in [1.165, 1.54) is 0 Å². The van der Waals surface area contributed by atoms with Gasteiger partial charge in [0, 0.05) is 39.9 Å². The molecule has 190 valence electrons. The summed E-state index contributed by atoms with van der Waals surface area (Å²) in [5.41, 5.74) is 0.934. The number of ether oxygens (including phenoxy) is 1. The zero-order valence-electron chi connectivity index (χ0n) is 21.2. The van der Waals surface area contributed by atoms with E-state index in [4.69, 9.17) is 4.74 Å². The van der Waals surface area contributed by atoms with Crippen LogP contribution in [0.15, 0.2) is 6.07 Å². The predicted octanol–water partition coefficient (Wildman–Crippen LogP) is 2.05. The number of carbonyl (C=O) groups excluding carboxylic acids is 3. The van der Waals surface area contributed by atoms with Crippen LogP contribution in [-0.4, -0.2) is 71.3 Å². The second-order valence-electron chi connectivity index (χ2n) is 10.2. The number of likely N-dealkylation sites (tertiary alicyclic amines) is 1. The van der Waals surface area contributed by atoms with E-state index in [1.54, 1.807) is 11.6 Å². The zero-order valence-corrected chi connectivity index (χ0v) is 21.2. The van der Waals surface area contributed by atoms with Crippen molar-refractivity contribution in [2.75, 3.05) is 32.8 Å². The molecule has 0 saturated carbocycles. The highest BCUT2D eigenvalue weighted by molar-refractivity contribution is 5.93. The Balaban J connectivity index is 1.68. The number of carbonyl (C=O) groups is 3. The quantitative estimate of drug-likeness (QED) is 0.696. The molecule has 34 heavy (non-hydrogen) atoms. The molecule has 3 heterocycles. The van der Waals surface area contributed by atoms with Crippen LogP contribution in [0.3, 0.4) is 0 Å². The zero-order chi connectivity index (χ0) is 24.7. The number of nitrogens with one attached hydrogen (secondary N) is 2. The lowest BCUT2D eigenvalue weighted by Gasteiger charge is -2.41. The first-order chi connectivity index (χ1) is 16.2. The minimum atomic E-state index is -0.596. The van der Waals surface area contributed by atoms with Crippen LogP contribution < -0.4 is 10.6 Å². The van der Waals surface area contributed by atoms with Gasteiger partial charge in [0.25, 0.3) is 5.91 Å². The summed E-state index contributed by atoms with van der Waals surface area (Å²) in [6, 6.07) is 1.29. The van der Waals surface area contributed by atoms with E-state index in [1.807, 2.05) is 18.0 Å².